The van der Waals surface area contributed by atoms with E-state index < -0.39 is 9.84 Å². The molecule has 1 N–H and O–H groups in total. The lowest BCUT2D eigenvalue weighted by atomic mass is 10.2. The van der Waals surface area contributed by atoms with Crippen molar-refractivity contribution in [3.8, 4) is 5.75 Å². The maximum absolute atomic E-state index is 10.9. The quantitative estimate of drug-likeness (QED) is 0.730. The predicted octanol–water partition coefficient (Wildman–Crippen LogP) is 1.61. The van der Waals surface area contributed by atoms with Gasteiger partial charge in [-0.05, 0) is 37.6 Å². The molecule has 0 bridgehead atoms. The van der Waals surface area contributed by atoms with Crippen LogP contribution in [0.2, 0.25) is 0 Å². The normalized spacial score (nSPS) is 11.4. The first-order valence-electron chi connectivity index (χ1n) is 6.11. The molecule has 0 aliphatic rings. The van der Waals surface area contributed by atoms with E-state index in [0.717, 1.165) is 17.9 Å². The van der Waals surface area contributed by atoms with E-state index in [0.29, 0.717) is 19.6 Å². The molecule has 18 heavy (non-hydrogen) atoms. The molecule has 0 aromatic heterocycles. The van der Waals surface area contributed by atoms with Crippen molar-refractivity contribution in [3.63, 3.8) is 0 Å². The third kappa shape index (κ3) is 6.61. The predicted molar refractivity (Wildman–Crippen MR) is 73.6 cm³/mol. The van der Waals surface area contributed by atoms with E-state index in [9.17, 15) is 8.42 Å². The Morgan fingerprint density at radius 1 is 1.33 bits per heavy atom. The van der Waals surface area contributed by atoms with Crippen molar-refractivity contribution in [2.45, 2.75) is 19.9 Å². The second-order valence-corrected chi connectivity index (χ2v) is 6.50. The van der Waals surface area contributed by atoms with E-state index in [1.807, 2.05) is 31.2 Å². The van der Waals surface area contributed by atoms with Crippen molar-refractivity contribution in [1.82, 2.24) is 5.32 Å². The first-order chi connectivity index (χ1) is 8.51. The van der Waals surface area contributed by atoms with Gasteiger partial charge in [0.05, 0.1) is 12.4 Å². The van der Waals surface area contributed by atoms with Crippen LogP contribution in [-0.2, 0) is 16.4 Å². The second-order valence-electron chi connectivity index (χ2n) is 4.24. The molecule has 0 saturated heterocycles. The monoisotopic (exact) mass is 271 g/mol. The topological polar surface area (TPSA) is 55.4 Å². The molecule has 0 radical (unpaired) electrons. The van der Waals surface area contributed by atoms with Crippen molar-refractivity contribution in [3.05, 3.63) is 29.8 Å². The molecule has 1 aromatic rings. The zero-order chi connectivity index (χ0) is 13.4. The molecule has 0 heterocycles. The molecule has 0 atom stereocenters. The molecule has 0 amide bonds. The summed E-state index contributed by atoms with van der Waals surface area (Å²) >= 11 is 0. The number of hydrogen-bond acceptors (Lipinski definition) is 4. The molecular formula is C13H21NO3S. The highest BCUT2D eigenvalue weighted by Crippen LogP contribution is 2.12. The van der Waals surface area contributed by atoms with Gasteiger partial charge < -0.3 is 10.1 Å². The Hall–Kier alpha value is -1.07. The minimum Gasteiger partial charge on any atom is -0.494 e. The Morgan fingerprint density at radius 2 is 2.11 bits per heavy atom. The summed E-state index contributed by atoms with van der Waals surface area (Å²) in [6.07, 6.45) is 1.91. The highest BCUT2D eigenvalue weighted by atomic mass is 32.2. The molecule has 4 nitrogen and oxygen atoms in total. The summed E-state index contributed by atoms with van der Waals surface area (Å²) in [7, 11) is -2.84. The van der Waals surface area contributed by atoms with E-state index in [4.69, 9.17) is 4.74 Å². The van der Waals surface area contributed by atoms with E-state index in [2.05, 4.69) is 5.32 Å². The third-order valence-corrected chi connectivity index (χ3v) is 3.44. The van der Waals surface area contributed by atoms with Gasteiger partial charge in [-0.3, -0.25) is 0 Å². The van der Waals surface area contributed by atoms with Crippen molar-refractivity contribution < 1.29 is 13.2 Å². The van der Waals surface area contributed by atoms with Gasteiger partial charge in [0, 0.05) is 12.8 Å². The summed E-state index contributed by atoms with van der Waals surface area (Å²) in [5.41, 5.74) is 1.14. The zero-order valence-electron chi connectivity index (χ0n) is 11.0. The van der Waals surface area contributed by atoms with Crippen LogP contribution in [0.3, 0.4) is 0 Å². The highest BCUT2D eigenvalue weighted by molar-refractivity contribution is 7.90. The maximum atomic E-state index is 10.9. The van der Waals surface area contributed by atoms with Gasteiger partial charge in [-0.25, -0.2) is 8.42 Å². The van der Waals surface area contributed by atoms with E-state index >= 15 is 0 Å². The molecule has 0 unspecified atom stereocenters. The summed E-state index contributed by atoms with van der Waals surface area (Å²) in [6.45, 7) is 4.04. The zero-order valence-corrected chi connectivity index (χ0v) is 11.8. The Balaban J connectivity index is 2.28. The van der Waals surface area contributed by atoms with Crippen molar-refractivity contribution in [2.24, 2.45) is 0 Å². The lowest BCUT2D eigenvalue weighted by Crippen LogP contribution is -2.17. The van der Waals surface area contributed by atoms with Crippen LogP contribution in [0.5, 0.6) is 5.75 Å². The van der Waals surface area contributed by atoms with Crippen LogP contribution >= 0.6 is 0 Å². The van der Waals surface area contributed by atoms with E-state index in [-0.39, 0.29) is 5.75 Å². The number of rotatable bonds is 8. The molecular weight excluding hydrogens is 250 g/mol. The first-order valence-corrected chi connectivity index (χ1v) is 8.17. The lowest BCUT2D eigenvalue weighted by molar-refractivity contribution is 0.340. The summed E-state index contributed by atoms with van der Waals surface area (Å²) in [5.74, 6) is 1.10. The summed E-state index contributed by atoms with van der Waals surface area (Å²) in [6, 6.07) is 7.90. The SMILES string of the molecule is CCOc1cccc(CNCCCS(C)(=O)=O)c1. The fraction of sp³-hybridized carbons (Fsp3) is 0.538. The molecule has 1 aromatic carbocycles. The smallest absolute Gasteiger partial charge is 0.147 e. The molecule has 5 heteroatoms. The molecule has 0 aliphatic heterocycles. The number of benzene rings is 1. The van der Waals surface area contributed by atoms with Gasteiger partial charge in [0.15, 0.2) is 0 Å². The number of nitrogens with one attached hydrogen (secondary N) is 1. The number of hydrogen-bond donors (Lipinski definition) is 1. The van der Waals surface area contributed by atoms with Crippen LogP contribution < -0.4 is 10.1 Å². The van der Waals surface area contributed by atoms with Gasteiger partial charge in [0.25, 0.3) is 0 Å². The fourth-order valence-corrected chi connectivity index (χ4v) is 2.27. The molecule has 0 aliphatic carbocycles. The van der Waals surface area contributed by atoms with Crippen LogP contribution in [0.25, 0.3) is 0 Å². The number of sulfone groups is 1. The largest absolute Gasteiger partial charge is 0.494 e. The van der Waals surface area contributed by atoms with Crippen molar-refractivity contribution in [2.75, 3.05) is 25.2 Å². The van der Waals surface area contributed by atoms with Crippen LogP contribution in [0, 0.1) is 0 Å². The van der Waals surface area contributed by atoms with Gasteiger partial charge >= 0.3 is 0 Å². The van der Waals surface area contributed by atoms with Crippen molar-refractivity contribution >= 4 is 9.84 Å². The minimum absolute atomic E-state index is 0.235. The van der Waals surface area contributed by atoms with Gasteiger partial charge in [-0.1, -0.05) is 12.1 Å². The average molecular weight is 271 g/mol. The molecule has 0 spiro atoms. The minimum atomic E-state index is -2.84. The third-order valence-electron chi connectivity index (χ3n) is 2.41. The average Bonchev–Trinajstić information content (AvgIpc) is 2.28. The van der Waals surface area contributed by atoms with Gasteiger partial charge in [0.2, 0.25) is 0 Å². The van der Waals surface area contributed by atoms with Crippen LogP contribution in [0.4, 0.5) is 0 Å². The highest BCUT2D eigenvalue weighted by Gasteiger charge is 2.01. The van der Waals surface area contributed by atoms with Crippen LogP contribution in [-0.4, -0.2) is 33.6 Å². The number of ether oxygens (including phenoxy) is 1. The van der Waals surface area contributed by atoms with Gasteiger partial charge in [-0.15, -0.1) is 0 Å². The Kier molecular flexibility index (Phi) is 6.15. The summed E-state index contributed by atoms with van der Waals surface area (Å²) in [5, 5.41) is 3.22. The standard InChI is InChI=1S/C13H21NO3S/c1-3-17-13-7-4-6-12(10-13)11-14-8-5-9-18(2,15)16/h4,6-7,10,14H,3,5,8-9,11H2,1-2H3. The lowest BCUT2D eigenvalue weighted by Gasteiger charge is -2.07. The summed E-state index contributed by atoms with van der Waals surface area (Å²) in [4.78, 5) is 0. The Labute approximate surface area is 109 Å². The van der Waals surface area contributed by atoms with Crippen LogP contribution in [0.1, 0.15) is 18.9 Å². The molecule has 1 rings (SSSR count). The van der Waals surface area contributed by atoms with Crippen molar-refractivity contribution in [1.29, 1.82) is 0 Å². The van der Waals surface area contributed by atoms with Gasteiger partial charge in [-0.2, -0.15) is 0 Å². The van der Waals surface area contributed by atoms with Crippen LogP contribution in [0.15, 0.2) is 24.3 Å². The van der Waals surface area contributed by atoms with E-state index in [1.54, 1.807) is 0 Å². The molecule has 0 fully saturated rings. The summed E-state index contributed by atoms with van der Waals surface area (Å²) < 4.78 is 27.3. The Bertz CT molecular complexity index is 457. The molecule has 0 saturated carbocycles. The van der Waals surface area contributed by atoms with Gasteiger partial charge in [0.1, 0.15) is 15.6 Å². The van der Waals surface area contributed by atoms with E-state index in [1.165, 1.54) is 6.26 Å². The Morgan fingerprint density at radius 3 is 2.78 bits per heavy atom. The maximum Gasteiger partial charge on any atom is 0.147 e. The molecule has 102 valence electrons. The fourth-order valence-electron chi connectivity index (χ4n) is 1.60. The first kappa shape index (κ1) is 15.0. The second kappa shape index (κ2) is 7.38.